The van der Waals surface area contributed by atoms with E-state index in [1.807, 2.05) is 18.2 Å². The van der Waals surface area contributed by atoms with Crippen LogP contribution in [-0.4, -0.2) is 19.3 Å². The van der Waals surface area contributed by atoms with Crippen LogP contribution in [-0.2, 0) is 0 Å². The first-order valence-electron chi connectivity index (χ1n) is 7.13. The van der Waals surface area contributed by atoms with Gasteiger partial charge in [-0.3, -0.25) is 19.3 Å². The van der Waals surface area contributed by atoms with Crippen LogP contribution in [0.2, 0.25) is 0 Å². The molecule has 3 heterocycles. The topological polar surface area (TPSA) is 105 Å². The minimum Gasteiger partial charge on any atom is -0.361 e. The summed E-state index contributed by atoms with van der Waals surface area (Å²) >= 11 is 0. The van der Waals surface area contributed by atoms with Crippen molar-refractivity contribution in [3.63, 3.8) is 0 Å². The van der Waals surface area contributed by atoms with Crippen molar-refractivity contribution in [2.45, 2.75) is 0 Å². The highest BCUT2D eigenvalue weighted by molar-refractivity contribution is 5.84. The van der Waals surface area contributed by atoms with Crippen LogP contribution >= 0.6 is 0 Å². The van der Waals surface area contributed by atoms with E-state index >= 15 is 0 Å². The normalized spacial score (nSPS) is 11.0. The Morgan fingerprint density at radius 3 is 2.92 bits per heavy atom. The number of H-pyrrole nitrogens is 1. The quantitative estimate of drug-likeness (QED) is 0.446. The summed E-state index contributed by atoms with van der Waals surface area (Å²) in [5.74, 6) is -0.0777. The fraction of sp³-hybridized carbons (Fsp3) is 0. The van der Waals surface area contributed by atoms with E-state index in [2.05, 4.69) is 15.3 Å². The van der Waals surface area contributed by atoms with Crippen molar-refractivity contribution in [3.8, 4) is 0 Å². The van der Waals surface area contributed by atoms with E-state index in [9.17, 15) is 14.9 Å². The molecule has 4 rings (SSSR count). The number of rotatable bonds is 3. The number of pyridine rings is 1. The van der Waals surface area contributed by atoms with E-state index in [1.165, 1.54) is 6.20 Å². The van der Waals surface area contributed by atoms with Gasteiger partial charge in [0, 0.05) is 29.0 Å². The minimum absolute atomic E-state index is 0.0777. The van der Waals surface area contributed by atoms with Gasteiger partial charge in [-0.05, 0) is 36.4 Å². The molecule has 4 aromatic rings. The number of aromatic nitrogens is 3. The summed E-state index contributed by atoms with van der Waals surface area (Å²) in [6.07, 6.45) is 3.25. The van der Waals surface area contributed by atoms with Crippen LogP contribution in [0.25, 0.3) is 16.6 Å². The van der Waals surface area contributed by atoms with Gasteiger partial charge in [-0.15, -0.1) is 0 Å². The van der Waals surface area contributed by atoms with E-state index in [0.717, 1.165) is 15.3 Å². The summed E-state index contributed by atoms with van der Waals surface area (Å²) in [5.41, 5.74) is 0.570. The third-order valence-electron chi connectivity index (χ3n) is 3.71. The Bertz CT molecular complexity index is 1150. The van der Waals surface area contributed by atoms with Gasteiger partial charge in [0.2, 0.25) is 5.82 Å². The minimum atomic E-state index is -0.726. The van der Waals surface area contributed by atoms with E-state index in [-0.39, 0.29) is 5.82 Å². The monoisotopic (exact) mass is 321 g/mol. The molecule has 8 heteroatoms. The molecule has 1 aromatic carbocycles. The van der Waals surface area contributed by atoms with Gasteiger partial charge in [-0.1, -0.05) is 6.07 Å². The number of benzene rings is 1. The molecule has 0 saturated carbocycles. The molecule has 8 nitrogen and oxygen atoms in total. The van der Waals surface area contributed by atoms with Gasteiger partial charge in [-0.2, -0.15) is 0 Å². The summed E-state index contributed by atoms with van der Waals surface area (Å²) in [6, 6.07) is 12.3. The number of anilines is 2. The van der Waals surface area contributed by atoms with Crippen LogP contribution in [0.5, 0.6) is 0 Å². The second kappa shape index (κ2) is 5.20. The van der Waals surface area contributed by atoms with Crippen molar-refractivity contribution in [3.05, 3.63) is 75.3 Å². The van der Waals surface area contributed by atoms with Crippen molar-refractivity contribution >= 4 is 33.7 Å². The van der Waals surface area contributed by atoms with Gasteiger partial charge in [-0.25, -0.2) is 4.98 Å². The van der Waals surface area contributed by atoms with Gasteiger partial charge in [0.25, 0.3) is 0 Å². The molecule has 0 unspecified atom stereocenters. The summed E-state index contributed by atoms with van der Waals surface area (Å²) in [5, 5.41) is 15.2. The highest BCUT2D eigenvalue weighted by Gasteiger charge is 2.23. The van der Waals surface area contributed by atoms with Crippen LogP contribution in [0.1, 0.15) is 0 Å². The first-order valence-corrected chi connectivity index (χ1v) is 7.13. The van der Waals surface area contributed by atoms with Gasteiger partial charge < -0.3 is 10.3 Å². The van der Waals surface area contributed by atoms with E-state index in [0.29, 0.717) is 11.3 Å². The van der Waals surface area contributed by atoms with Crippen molar-refractivity contribution in [2.24, 2.45) is 0 Å². The molecular formula is C16H11N5O3. The number of aromatic amines is 1. The molecule has 0 bridgehead atoms. The molecular weight excluding hydrogens is 310 g/mol. The van der Waals surface area contributed by atoms with E-state index < -0.39 is 16.2 Å². The van der Waals surface area contributed by atoms with Crippen molar-refractivity contribution in [1.82, 2.24) is 14.4 Å². The summed E-state index contributed by atoms with van der Waals surface area (Å²) in [7, 11) is 0. The predicted molar refractivity (Wildman–Crippen MR) is 89.7 cm³/mol. The van der Waals surface area contributed by atoms with Gasteiger partial charge >= 0.3 is 11.2 Å². The maximum Gasteiger partial charge on any atom is 0.376 e. The fourth-order valence-electron chi connectivity index (χ4n) is 2.60. The lowest BCUT2D eigenvalue weighted by Gasteiger charge is -2.08. The Balaban J connectivity index is 1.89. The number of hydrogen-bond donors (Lipinski definition) is 2. The highest BCUT2D eigenvalue weighted by Crippen LogP contribution is 2.25. The molecule has 0 aliphatic carbocycles. The number of fused-ring (bicyclic) bond motifs is 2. The largest absolute Gasteiger partial charge is 0.376 e. The molecule has 2 N–H and O–H groups in total. The lowest BCUT2D eigenvalue weighted by atomic mass is 10.2. The molecule has 0 radical (unpaired) electrons. The lowest BCUT2D eigenvalue weighted by molar-refractivity contribution is -0.385. The summed E-state index contributed by atoms with van der Waals surface area (Å²) in [6.45, 7) is 0. The second-order valence-corrected chi connectivity index (χ2v) is 5.20. The number of nitrogens with zero attached hydrogens (tertiary/aromatic N) is 3. The highest BCUT2D eigenvalue weighted by atomic mass is 16.6. The fourth-order valence-corrected chi connectivity index (χ4v) is 2.60. The smallest absolute Gasteiger partial charge is 0.361 e. The zero-order valence-corrected chi connectivity index (χ0v) is 12.3. The molecule has 0 fully saturated rings. The Hall–Kier alpha value is -3.68. The van der Waals surface area contributed by atoms with Crippen molar-refractivity contribution < 1.29 is 4.92 Å². The molecule has 24 heavy (non-hydrogen) atoms. The molecule has 3 aromatic heterocycles. The average Bonchev–Trinajstić information content (AvgIpc) is 3.02. The molecule has 0 atom stereocenters. The summed E-state index contributed by atoms with van der Waals surface area (Å²) < 4.78 is 1.15. The Morgan fingerprint density at radius 1 is 1.21 bits per heavy atom. The Labute approximate surface area is 134 Å². The number of nitrogens with one attached hydrogen (secondary N) is 2. The second-order valence-electron chi connectivity index (χ2n) is 5.20. The molecule has 0 saturated heterocycles. The maximum absolute atomic E-state index is 12.4. The van der Waals surface area contributed by atoms with Crippen LogP contribution in [0.4, 0.5) is 17.2 Å². The third kappa shape index (κ3) is 2.17. The standard InChI is InChI=1S/C16H11N5O3/c22-16-14(21(23)24)15(19-13-3-1-2-8-20(13)16)18-11-4-5-12-10(9-11)6-7-17-12/h1-9,17-18H. The van der Waals surface area contributed by atoms with Crippen molar-refractivity contribution in [2.75, 3.05) is 5.32 Å². The summed E-state index contributed by atoms with van der Waals surface area (Å²) in [4.78, 5) is 30.3. The number of hydrogen-bond acceptors (Lipinski definition) is 5. The van der Waals surface area contributed by atoms with E-state index in [1.54, 1.807) is 30.5 Å². The molecule has 0 amide bonds. The zero-order valence-electron chi connectivity index (χ0n) is 12.3. The SMILES string of the molecule is O=c1c([N+](=O)[O-])c(Nc2ccc3[nH]ccc3c2)nc2ccccn12. The van der Waals surface area contributed by atoms with Crippen molar-refractivity contribution in [1.29, 1.82) is 0 Å². The predicted octanol–water partition coefficient (Wildman–Crippen LogP) is 2.83. The van der Waals surface area contributed by atoms with Crippen LogP contribution in [0.15, 0.2) is 59.7 Å². The first-order chi connectivity index (χ1) is 11.6. The third-order valence-corrected chi connectivity index (χ3v) is 3.71. The van der Waals surface area contributed by atoms with Gasteiger partial charge in [0.15, 0.2) is 0 Å². The molecule has 0 aliphatic heterocycles. The Kier molecular flexibility index (Phi) is 3.02. The average molecular weight is 321 g/mol. The molecule has 118 valence electrons. The van der Waals surface area contributed by atoms with Crippen LogP contribution < -0.4 is 10.9 Å². The zero-order chi connectivity index (χ0) is 16.7. The Morgan fingerprint density at radius 2 is 2.08 bits per heavy atom. The van der Waals surface area contributed by atoms with Crippen LogP contribution in [0.3, 0.4) is 0 Å². The molecule has 0 spiro atoms. The number of nitro groups is 1. The van der Waals surface area contributed by atoms with Gasteiger partial charge in [0.1, 0.15) is 5.65 Å². The molecule has 0 aliphatic rings. The van der Waals surface area contributed by atoms with Gasteiger partial charge in [0.05, 0.1) is 4.92 Å². The van der Waals surface area contributed by atoms with E-state index in [4.69, 9.17) is 0 Å². The first kappa shape index (κ1) is 13.9. The van der Waals surface area contributed by atoms with Crippen LogP contribution in [0, 0.1) is 10.1 Å². The lowest BCUT2D eigenvalue weighted by Crippen LogP contribution is -2.20. The maximum atomic E-state index is 12.4.